The van der Waals surface area contributed by atoms with Gasteiger partial charge in [0.25, 0.3) is 5.91 Å². The van der Waals surface area contributed by atoms with Crippen molar-refractivity contribution in [2.75, 3.05) is 5.33 Å². The highest BCUT2D eigenvalue weighted by molar-refractivity contribution is 9.09. The predicted molar refractivity (Wildman–Crippen MR) is 85.3 cm³/mol. The smallest absolute Gasteiger partial charge is 0.251 e. The molecule has 1 atom stereocenters. The number of hydrogen-bond acceptors (Lipinski definition) is 1. The maximum Gasteiger partial charge on any atom is 0.251 e. The highest BCUT2D eigenvalue weighted by atomic mass is 79.9. The van der Waals surface area contributed by atoms with Gasteiger partial charge in [0.2, 0.25) is 0 Å². The van der Waals surface area contributed by atoms with Crippen LogP contribution in [0.15, 0.2) is 18.2 Å². The Kier molecular flexibility index (Phi) is 5.87. The summed E-state index contributed by atoms with van der Waals surface area (Å²) in [6.07, 6.45) is 0.898. The molecular formula is C15H21BrClNO. The SMILES string of the molecule is Cc1ccc(C(=O)NC(CCBr)C(C)(C)C)cc1Cl. The zero-order chi connectivity index (χ0) is 14.6. The van der Waals surface area contributed by atoms with E-state index in [1.165, 1.54) is 0 Å². The lowest BCUT2D eigenvalue weighted by Gasteiger charge is -2.31. The molecule has 19 heavy (non-hydrogen) atoms. The van der Waals surface area contributed by atoms with Gasteiger partial charge in [-0.2, -0.15) is 0 Å². The average molecular weight is 347 g/mol. The van der Waals surface area contributed by atoms with E-state index in [1.807, 2.05) is 19.1 Å². The standard InChI is InChI=1S/C15H21BrClNO/c1-10-5-6-11(9-12(10)17)14(19)18-13(7-8-16)15(2,3)4/h5-6,9,13H,7-8H2,1-4H3,(H,18,19). The molecule has 0 aliphatic carbocycles. The predicted octanol–water partition coefficient (Wildman–Crippen LogP) is 4.58. The molecule has 0 aromatic heterocycles. The molecule has 1 aromatic rings. The van der Waals surface area contributed by atoms with E-state index in [-0.39, 0.29) is 17.4 Å². The number of amides is 1. The number of alkyl halides is 1. The van der Waals surface area contributed by atoms with Gasteiger partial charge in [0.1, 0.15) is 0 Å². The van der Waals surface area contributed by atoms with Crippen LogP contribution in [0.1, 0.15) is 43.1 Å². The molecule has 1 aromatic carbocycles. The average Bonchev–Trinajstić information content (AvgIpc) is 2.30. The number of hydrogen-bond donors (Lipinski definition) is 1. The Bertz CT molecular complexity index is 454. The highest BCUT2D eigenvalue weighted by Crippen LogP contribution is 2.23. The molecule has 0 heterocycles. The molecule has 0 saturated carbocycles. The van der Waals surface area contributed by atoms with Gasteiger partial charge in [-0.15, -0.1) is 0 Å². The number of carbonyl (C=O) groups excluding carboxylic acids is 1. The molecule has 1 N–H and O–H groups in total. The van der Waals surface area contributed by atoms with Crippen LogP contribution in [0.25, 0.3) is 0 Å². The van der Waals surface area contributed by atoms with Gasteiger partial charge in [0.15, 0.2) is 0 Å². The Labute approximate surface area is 129 Å². The number of rotatable bonds is 4. The van der Waals surface area contributed by atoms with Gasteiger partial charge in [-0.05, 0) is 36.5 Å². The van der Waals surface area contributed by atoms with Crippen molar-refractivity contribution in [3.05, 3.63) is 34.3 Å². The number of benzene rings is 1. The molecule has 0 saturated heterocycles. The van der Waals surface area contributed by atoms with Crippen molar-refractivity contribution in [3.8, 4) is 0 Å². The summed E-state index contributed by atoms with van der Waals surface area (Å²) in [7, 11) is 0. The normalized spacial score (nSPS) is 13.2. The fourth-order valence-electron chi connectivity index (χ4n) is 1.81. The van der Waals surface area contributed by atoms with Crippen LogP contribution in [0.3, 0.4) is 0 Å². The quantitative estimate of drug-likeness (QED) is 0.794. The highest BCUT2D eigenvalue weighted by Gasteiger charge is 2.26. The molecular weight excluding hydrogens is 326 g/mol. The second kappa shape index (κ2) is 6.76. The van der Waals surface area contributed by atoms with E-state index in [4.69, 9.17) is 11.6 Å². The Hall–Kier alpha value is -0.540. The molecule has 0 aliphatic rings. The summed E-state index contributed by atoms with van der Waals surface area (Å²) in [6.45, 7) is 8.31. The van der Waals surface area contributed by atoms with Crippen molar-refractivity contribution in [1.82, 2.24) is 5.32 Å². The lowest BCUT2D eigenvalue weighted by molar-refractivity contribution is 0.0901. The van der Waals surface area contributed by atoms with Gasteiger partial charge >= 0.3 is 0 Å². The van der Waals surface area contributed by atoms with Crippen molar-refractivity contribution >= 4 is 33.4 Å². The monoisotopic (exact) mass is 345 g/mol. The zero-order valence-corrected chi connectivity index (χ0v) is 14.2. The Morgan fingerprint density at radius 2 is 2.05 bits per heavy atom. The first-order valence-electron chi connectivity index (χ1n) is 6.38. The van der Waals surface area contributed by atoms with E-state index >= 15 is 0 Å². The lowest BCUT2D eigenvalue weighted by Crippen LogP contribution is -2.44. The molecule has 0 fully saturated rings. The number of nitrogens with one attached hydrogen (secondary N) is 1. The van der Waals surface area contributed by atoms with E-state index < -0.39 is 0 Å². The van der Waals surface area contributed by atoms with Gasteiger partial charge in [-0.1, -0.05) is 54.4 Å². The topological polar surface area (TPSA) is 29.1 Å². The Balaban J connectivity index is 2.84. The minimum absolute atomic E-state index is 0.0257. The van der Waals surface area contributed by atoms with Gasteiger partial charge in [-0.25, -0.2) is 0 Å². The minimum Gasteiger partial charge on any atom is -0.349 e. The van der Waals surface area contributed by atoms with Crippen LogP contribution in [0.2, 0.25) is 5.02 Å². The molecule has 1 amide bonds. The van der Waals surface area contributed by atoms with Crippen LogP contribution in [-0.2, 0) is 0 Å². The molecule has 4 heteroatoms. The number of halogens is 2. The zero-order valence-electron chi connectivity index (χ0n) is 11.9. The molecule has 0 spiro atoms. The summed E-state index contributed by atoms with van der Waals surface area (Å²) in [6, 6.07) is 5.53. The molecule has 1 rings (SSSR count). The molecule has 1 unspecified atom stereocenters. The van der Waals surface area contributed by atoms with Crippen LogP contribution in [-0.4, -0.2) is 17.3 Å². The first-order chi connectivity index (χ1) is 8.75. The van der Waals surface area contributed by atoms with Crippen LogP contribution in [0, 0.1) is 12.3 Å². The maximum absolute atomic E-state index is 12.3. The third kappa shape index (κ3) is 4.81. The van der Waals surface area contributed by atoms with Crippen LogP contribution < -0.4 is 5.32 Å². The second-order valence-corrected chi connectivity index (χ2v) is 7.03. The summed E-state index contributed by atoms with van der Waals surface area (Å²) in [5.41, 5.74) is 1.61. The van der Waals surface area contributed by atoms with Crippen molar-refractivity contribution in [3.63, 3.8) is 0 Å². The van der Waals surface area contributed by atoms with Gasteiger partial charge in [-0.3, -0.25) is 4.79 Å². The molecule has 0 radical (unpaired) electrons. The second-order valence-electron chi connectivity index (χ2n) is 5.83. The van der Waals surface area contributed by atoms with Gasteiger partial charge in [0.05, 0.1) is 0 Å². The van der Waals surface area contributed by atoms with E-state index in [0.717, 1.165) is 17.3 Å². The summed E-state index contributed by atoms with van der Waals surface area (Å²) < 4.78 is 0. The largest absolute Gasteiger partial charge is 0.349 e. The summed E-state index contributed by atoms with van der Waals surface area (Å²) in [5, 5.41) is 4.58. The van der Waals surface area contributed by atoms with Crippen molar-refractivity contribution in [1.29, 1.82) is 0 Å². The fraction of sp³-hybridized carbons (Fsp3) is 0.533. The third-order valence-corrected chi connectivity index (χ3v) is 4.05. The fourth-order valence-corrected chi connectivity index (χ4v) is 2.44. The van der Waals surface area contributed by atoms with Gasteiger partial charge < -0.3 is 5.32 Å². The van der Waals surface area contributed by atoms with Crippen molar-refractivity contribution in [2.24, 2.45) is 5.41 Å². The van der Waals surface area contributed by atoms with E-state index in [1.54, 1.807) is 6.07 Å². The summed E-state index contributed by atoms with van der Waals surface area (Å²) in [4.78, 5) is 12.3. The number of carbonyl (C=O) groups is 1. The van der Waals surface area contributed by atoms with E-state index in [0.29, 0.717) is 10.6 Å². The maximum atomic E-state index is 12.3. The first-order valence-corrected chi connectivity index (χ1v) is 7.88. The van der Waals surface area contributed by atoms with Gasteiger partial charge in [0, 0.05) is 22.0 Å². The van der Waals surface area contributed by atoms with Crippen LogP contribution in [0.4, 0.5) is 0 Å². The van der Waals surface area contributed by atoms with Crippen LogP contribution in [0.5, 0.6) is 0 Å². The van der Waals surface area contributed by atoms with Crippen LogP contribution >= 0.6 is 27.5 Å². The Morgan fingerprint density at radius 3 is 2.53 bits per heavy atom. The molecule has 2 nitrogen and oxygen atoms in total. The molecule has 0 bridgehead atoms. The first kappa shape index (κ1) is 16.5. The summed E-state index contributed by atoms with van der Waals surface area (Å²) in [5.74, 6) is -0.0669. The van der Waals surface area contributed by atoms with E-state index in [2.05, 4.69) is 42.0 Å². The van der Waals surface area contributed by atoms with E-state index in [9.17, 15) is 4.79 Å². The molecule has 106 valence electrons. The number of aryl methyl sites for hydroxylation is 1. The molecule has 0 aliphatic heterocycles. The third-order valence-electron chi connectivity index (χ3n) is 3.18. The van der Waals surface area contributed by atoms with Crippen molar-refractivity contribution < 1.29 is 4.79 Å². The van der Waals surface area contributed by atoms with Crippen molar-refractivity contribution in [2.45, 2.75) is 40.2 Å². The minimum atomic E-state index is -0.0669. The lowest BCUT2D eigenvalue weighted by atomic mass is 9.85. The summed E-state index contributed by atoms with van der Waals surface area (Å²) >= 11 is 9.50. The Morgan fingerprint density at radius 1 is 1.42 bits per heavy atom.